The molecule has 0 aromatic carbocycles. The van der Waals surface area contributed by atoms with Gasteiger partial charge < -0.3 is 9.47 Å². The molecule has 0 N–H and O–H groups in total. The largest absolute Gasteiger partial charge is 0.472 e. The van der Waals surface area contributed by atoms with Gasteiger partial charge in [-0.25, -0.2) is 0 Å². The molecular formula is C15H22O3. The van der Waals surface area contributed by atoms with Crippen molar-refractivity contribution in [1.29, 1.82) is 0 Å². The minimum absolute atomic E-state index is 0.211. The molecule has 0 saturated heterocycles. The van der Waals surface area contributed by atoms with Crippen LogP contribution in [0.1, 0.15) is 40.0 Å². The fourth-order valence-corrected chi connectivity index (χ4v) is 1.81. The molecule has 1 aliphatic carbocycles. The van der Waals surface area contributed by atoms with E-state index < -0.39 is 0 Å². The third-order valence-corrected chi connectivity index (χ3v) is 2.81. The first-order chi connectivity index (χ1) is 8.54. The van der Waals surface area contributed by atoms with Crippen molar-refractivity contribution in [3.8, 4) is 0 Å². The van der Waals surface area contributed by atoms with Gasteiger partial charge in [-0.05, 0) is 39.7 Å². The highest BCUT2D eigenvalue weighted by Gasteiger charge is 2.24. The van der Waals surface area contributed by atoms with Gasteiger partial charge in [0.15, 0.2) is 12.6 Å². The van der Waals surface area contributed by atoms with E-state index in [0.29, 0.717) is 6.42 Å². The Balaban J connectivity index is 2.60. The molecule has 0 aromatic rings. The number of hydrogen-bond donors (Lipinski definition) is 0. The predicted molar refractivity (Wildman–Crippen MR) is 72.0 cm³/mol. The zero-order chi connectivity index (χ0) is 13.5. The zero-order valence-electron chi connectivity index (χ0n) is 11.7. The fourth-order valence-electron chi connectivity index (χ4n) is 1.81. The Hall–Kier alpha value is -1.35. The van der Waals surface area contributed by atoms with Crippen LogP contribution in [-0.4, -0.2) is 19.7 Å². The van der Waals surface area contributed by atoms with Crippen LogP contribution in [0.15, 0.2) is 34.6 Å². The summed E-state index contributed by atoms with van der Waals surface area (Å²) in [5.41, 5.74) is 3.38. The average Bonchev–Trinajstić information content (AvgIpc) is 2.32. The number of ether oxygens (including phenoxy) is 2. The number of hydrogen-bond acceptors (Lipinski definition) is 3. The van der Waals surface area contributed by atoms with Crippen LogP contribution in [0.2, 0.25) is 0 Å². The molecule has 0 radical (unpaired) electrons. The monoisotopic (exact) mass is 250 g/mol. The highest BCUT2D eigenvalue weighted by atomic mass is 16.7. The molecule has 0 spiro atoms. The van der Waals surface area contributed by atoms with E-state index in [4.69, 9.17) is 9.47 Å². The van der Waals surface area contributed by atoms with Crippen LogP contribution in [0.4, 0.5) is 0 Å². The molecule has 0 aromatic heterocycles. The van der Waals surface area contributed by atoms with E-state index in [0.717, 1.165) is 24.2 Å². The van der Waals surface area contributed by atoms with E-state index in [1.807, 2.05) is 13.0 Å². The Morgan fingerprint density at radius 1 is 1.33 bits per heavy atom. The van der Waals surface area contributed by atoms with Gasteiger partial charge in [-0.15, -0.1) is 0 Å². The van der Waals surface area contributed by atoms with Crippen LogP contribution >= 0.6 is 0 Å². The smallest absolute Gasteiger partial charge is 0.188 e. The molecule has 18 heavy (non-hydrogen) atoms. The van der Waals surface area contributed by atoms with E-state index >= 15 is 0 Å². The van der Waals surface area contributed by atoms with Crippen LogP contribution in [0, 0.1) is 0 Å². The number of methoxy groups -OCH3 is 1. The molecule has 0 aliphatic heterocycles. The first-order valence-electron chi connectivity index (χ1n) is 6.23. The Labute approximate surface area is 109 Å². The second-order valence-corrected chi connectivity index (χ2v) is 4.74. The number of carbonyl (C=O) groups is 1. The molecule has 0 amide bonds. The van der Waals surface area contributed by atoms with Crippen LogP contribution in [0.3, 0.4) is 0 Å². The van der Waals surface area contributed by atoms with E-state index in [1.165, 1.54) is 11.1 Å². The lowest BCUT2D eigenvalue weighted by Gasteiger charge is -2.20. The van der Waals surface area contributed by atoms with E-state index in [9.17, 15) is 4.79 Å². The molecule has 0 atom stereocenters. The lowest BCUT2D eigenvalue weighted by molar-refractivity contribution is -0.116. The summed E-state index contributed by atoms with van der Waals surface area (Å²) in [5.74, 6) is 0.933. The first kappa shape index (κ1) is 14.7. The average molecular weight is 250 g/mol. The summed E-state index contributed by atoms with van der Waals surface area (Å²) >= 11 is 0. The maximum absolute atomic E-state index is 11.5. The second-order valence-electron chi connectivity index (χ2n) is 4.74. The van der Waals surface area contributed by atoms with Crippen molar-refractivity contribution < 1.29 is 14.3 Å². The lowest BCUT2D eigenvalue weighted by atomic mass is 9.83. The maximum atomic E-state index is 11.5. The summed E-state index contributed by atoms with van der Waals surface area (Å²) in [5, 5.41) is 0. The minimum atomic E-state index is 0.211. The molecule has 1 aliphatic rings. The minimum Gasteiger partial charge on any atom is -0.472 e. The van der Waals surface area contributed by atoms with Crippen LogP contribution in [0.25, 0.3) is 0 Å². The second kappa shape index (κ2) is 7.17. The Morgan fingerprint density at radius 2 is 2.06 bits per heavy atom. The summed E-state index contributed by atoms with van der Waals surface area (Å²) in [7, 11) is 1.58. The van der Waals surface area contributed by atoms with Crippen molar-refractivity contribution in [3.63, 3.8) is 0 Å². The third kappa shape index (κ3) is 4.49. The molecule has 1 rings (SSSR count). The lowest BCUT2D eigenvalue weighted by Crippen LogP contribution is -2.17. The van der Waals surface area contributed by atoms with Gasteiger partial charge in [-0.1, -0.05) is 17.2 Å². The van der Waals surface area contributed by atoms with Gasteiger partial charge in [-0.3, -0.25) is 4.79 Å². The first-order valence-corrected chi connectivity index (χ1v) is 6.23. The quantitative estimate of drug-likeness (QED) is 0.394. The number of carbonyl (C=O) groups excluding carboxylic acids is 1. The van der Waals surface area contributed by atoms with Gasteiger partial charge in [0.25, 0.3) is 0 Å². The number of ketones is 1. The third-order valence-electron chi connectivity index (χ3n) is 2.81. The SMILES string of the molecule is COCO/C(C)=C/C1=C(CCC=C(C)C)CC1=O. The van der Waals surface area contributed by atoms with Gasteiger partial charge in [0.05, 0.1) is 5.76 Å². The number of rotatable bonds is 7. The van der Waals surface area contributed by atoms with Crippen molar-refractivity contribution in [2.24, 2.45) is 0 Å². The molecular weight excluding hydrogens is 228 g/mol. The van der Waals surface area contributed by atoms with Gasteiger partial charge in [0.2, 0.25) is 0 Å². The van der Waals surface area contributed by atoms with Crippen molar-refractivity contribution in [2.75, 3.05) is 13.9 Å². The maximum Gasteiger partial charge on any atom is 0.188 e. The molecule has 3 nitrogen and oxygen atoms in total. The van der Waals surface area contributed by atoms with E-state index in [1.54, 1.807) is 7.11 Å². The molecule has 0 saturated carbocycles. The van der Waals surface area contributed by atoms with Gasteiger partial charge in [0, 0.05) is 19.1 Å². The van der Waals surface area contributed by atoms with Crippen molar-refractivity contribution in [3.05, 3.63) is 34.6 Å². The molecule has 0 heterocycles. The van der Waals surface area contributed by atoms with Crippen molar-refractivity contribution >= 4 is 5.78 Å². The standard InChI is InChI=1S/C15H22O3/c1-11(2)6-5-7-13-9-15(16)14(13)8-12(3)18-10-17-4/h6,8H,5,7,9-10H2,1-4H3/b12-8+. The Bertz CT molecular complexity index is 396. The molecule has 0 bridgehead atoms. The van der Waals surface area contributed by atoms with Gasteiger partial charge in [-0.2, -0.15) is 0 Å². The van der Waals surface area contributed by atoms with Crippen LogP contribution in [0.5, 0.6) is 0 Å². The van der Waals surface area contributed by atoms with Crippen molar-refractivity contribution in [1.82, 2.24) is 0 Å². The highest BCUT2D eigenvalue weighted by molar-refractivity contribution is 6.06. The summed E-state index contributed by atoms with van der Waals surface area (Å²) in [6.07, 6.45) is 6.58. The normalized spacial score (nSPS) is 15.6. The predicted octanol–water partition coefficient (Wildman–Crippen LogP) is 3.53. The highest BCUT2D eigenvalue weighted by Crippen LogP contribution is 2.30. The fraction of sp³-hybridized carbons (Fsp3) is 0.533. The number of allylic oxidation sites excluding steroid dienone is 6. The molecule has 3 heteroatoms. The van der Waals surface area contributed by atoms with E-state index in [-0.39, 0.29) is 12.6 Å². The van der Waals surface area contributed by atoms with Crippen molar-refractivity contribution in [2.45, 2.75) is 40.0 Å². The Kier molecular flexibility index (Phi) is 5.86. The summed E-state index contributed by atoms with van der Waals surface area (Å²) < 4.78 is 10.1. The molecule has 0 unspecified atom stereocenters. The van der Waals surface area contributed by atoms with Gasteiger partial charge >= 0.3 is 0 Å². The van der Waals surface area contributed by atoms with Crippen LogP contribution in [-0.2, 0) is 14.3 Å². The summed E-state index contributed by atoms with van der Waals surface area (Å²) in [6, 6.07) is 0. The summed E-state index contributed by atoms with van der Waals surface area (Å²) in [6.45, 7) is 6.23. The number of Topliss-reactive ketones (excluding diaryl/α,β-unsaturated/α-hetero) is 1. The van der Waals surface area contributed by atoms with Gasteiger partial charge in [0.1, 0.15) is 0 Å². The topological polar surface area (TPSA) is 35.5 Å². The molecule has 0 fully saturated rings. The summed E-state index contributed by atoms with van der Waals surface area (Å²) in [4.78, 5) is 11.5. The Morgan fingerprint density at radius 3 is 2.61 bits per heavy atom. The van der Waals surface area contributed by atoms with E-state index in [2.05, 4.69) is 19.9 Å². The molecule has 100 valence electrons. The zero-order valence-corrected chi connectivity index (χ0v) is 11.7. The van der Waals surface area contributed by atoms with Crippen LogP contribution < -0.4 is 0 Å².